The van der Waals surface area contributed by atoms with Crippen LogP contribution in [0.2, 0.25) is 0 Å². The second-order valence-corrected chi connectivity index (χ2v) is 5.84. The highest BCUT2D eigenvalue weighted by atomic mass is 16.4. The van der Waals surface area contributed by atoms with Gasteiger partial charge in [0.2, 0.25) is 11.8 Å². The summed E-state index contributed by atoms with van der Waals surface area (Å²) >= 11 is 0. The summed E-state index contributed by atoms with van der Waals surface area (Å²) in [6.07, 6.45) is 7.62. The molecule has 0 spiro atoms. The van der Waals surface area contributed by atoms with Crippen LogP contribution in [0.25, 0.3) is 11.6 Å². The quantitative estimate of drug-likeness (QED) is 0.862. The van der Waals surface area contributed by atoms with E-state index in [9.17, 15) is 4.79 Å². The lowest BCUT2D eigenvalue weighted by molar-refractivity contribution is -0.135. The van der Waals surface area contributed by atoms with Gasteiger partial charge in [0.15, 0.2) is 0 Å². The average Bonchev–Trinajstić information content (AvgIpc) is 3.05. The first-order chi connectivity index (χ1) is 11.2. The second-order valence-electron chi connectivity index (χ2n) is 5.84. The van der Waals surface area contributed by atoms with E-state index < -0.39 is 0 Å². The molecule has 3 heterocycles. The van der Waals surface area contributed by atoms with E-state index in [4.69, 9.17) is 4.42 Å². The van der Waals surface area contributed by atoms with Crippen molar-refractivity contribution >= 4 is 5.91 Å². The van der Waals surface area contributed by atoms with Crippen LogP contribution < -0.4 is 0 Å². The molecule has 0 radical (unpaired) electrons. The number of likely N-dealkylation sites (tertiary alicyclic amines) is 1. The molecule has 1 amide bonds. The van der Waals surface area contributed by atoms with E-state index in [0.29, 0.717) is 23.9 Å². The van der Waals surface area contributed by atoms with Crippen LogP contribution in [-0.4, -0.2) is 37.5 Å². The highest BCUT2D eigenvalue weighted by Gasteiger charge is 2.31. The lowest BCUT2D eigenvalue weighted by atomic mass is 10.0. The average molecular weight is 315 g/mol. The van der Waals surface area contributed by atoms with Crippen LogP contribution in [-0.2, 0) is 4.79 Å². The van der Waals surface area contributed by atoms with Gasteiger partial charge in [-0.25, -0.2) is 4.98 Å². The maximum Gasteiger partial charge on any atom is 0.267 e. The van der Waals surface area contributed by atoms with E-state index in [0.717, 1.165) is 37.9 Å². The molecule has 1 unspecified atom stereocenters. The standard InChI is InChI=1S/C16H21N5O2/c1-3-6-14(22)21-8-5-4-7-13(21)16-20-19-15(23-16)12-10-17-11(2)9-18-12/h9-10,13H,3-8H2,1-2H3. The number of carbonyl (C=O) groups excluding carboxylic acids is 1. The number of hydrogen-bond acceptors (Lipinski definition) is 6. The Morgan fingerprint density at radius 3 is 2.91 bits per heavy atom. The SMILES string of the molecule is CCCC(=O)N1CCCCC1c1nnc(-c2cnc(C)cn2)o1. The van der Waals surface area contributed by atoms with Crippen molar-refractivity contribution < 1.29 is 9.21 Å². The van der Waals surface area contributed by atoms with Crippen molar-refractivity contribution in [2.75, 3.05) is 6.54 Å². The van der Waals surface area contributed by atoms with Gasteiger partial charge < -0.3 is 9.32 Å². The zero-order valence-corrected chi connectivity index (χ0v) is 13.5. The normalized spacial score (nSPS) is 18.2. The molecule has 2 aromatic rings. The topological polar surface area (TPSA) is 85.0 Å². The van der Waals surface area contributed by atoms with Crippen molar-refractivity contribution in [2.24, 2.45) is 0 Å². The summed E-state index contributed by atoms with van der Waals surface area (Å²) in [7, 11) is 0. The Morgan fingerprint density at radius 1 is 1.30 bits per heavy atom. The Hall–Kier alpha value is -2.31. The predicted octanol–water partition coefficient (Wildman–Crippen LogP) is 2.69. The highest BCUT2D eigenvalue weighted by Crippen LogP contribution is 2.31. The lowest BCUT2D eigenvalue weighted by Gasteiger charge is -2.33. The van der Waals surface area contributed by atoms with Crippen LogP contribution in [0.4, 0.5) is 0 Å². The summed E-state index contributed by atoms with van der Waals surface area (Å²) in [6.45, 7) is 4.64. The zero-order valence-electron chi connectivity index (χ0n) is 13.5. The summed E-state index contributed by atoms with van der Waals surface area (Å²) < 4.78 is 5.79. The van der Waals surface area contributed by atoms with Gasteiger partial charge in [-0.1, -0.05) is 6.92 Å². The second kappa shape index (κ2) is 6.85. The molecule has 1 aliphatic rings. The highest BCUT2D eigenvalue weighted by molar-refractivity contribution is 5.76. The Kier molecular flexibility index (Phi) is 4.64. The third-order valence-corrected chi connectivity index (χ3v) is 4.01. The predicted molar refractivity (Wildman–Crippen MR) is 83.3 cm³/mol. The van der Waals surface area contributed by atoms with Crippen LogP contribution >= 0.6 is 0 Å². The molecule has 7 heteroatoms. The van der Waals surface area contributed by atoms with Gasteiger partial charge in [0.25, 0.3) is 5.89 Å². The largest absolute Gasteiger partial charge is 0.417 e. The van der Waals surface area contributed by atoms with Crippen molar-refractivity contribution in [3.05, 3.63) is 24.0 Å². The number of nitrogens with zero attached hydrogens (tertiary/aromatic N) is 5. The van der Waals surface area contributed by atoms with E-state index in [1.54, 1.807) is 12.4 Å². The fraction of sp³-hybridized carbons (Fsp3) is 0.562. The van der Waals surface area contributed by atoms with E-state index in [-0.39, 0.29) is 11.9 Å². The summed E-state index contributed by atoms with van der Waals surface area (Å²) in [4.78, 5) is 22.6. The Morgan fingerprint density at radius 2 is 2.17 bits per heavy atom. The molecule has 1 saturated heterocycles. The summed E-state index contributed by atoms with van der Waals surface area (Å²) in [6, 6.07) is -0.123. The summed E-state index contributed by atoms with van der Waals surface area (Å²) in [5.74, 6) is 1.000. The molecule has 3 rings (SSSR count). The van der Waals surface area contributed by atoms with Crippen molar-refractivity contribution in [1.82, 2.24) is 25.1 Å². The first-order valence-electron chi connectivity index (χ1n) is 8.11. The fourth-order valence-corrected chi connectivity index (χ4v) is 2.82. The first kappa shape index (κ1) is 15.6. The molecular formula is C16H21N5O2. The van der Waals surface area contributed by atoms with Crippen LogP contribution in [0, 0.1) is 6.92 Å². The number of aryl methyl sites for hydroxylation is 1. The van der Waals surface area contributed by atoms with Crippen molar-refractivity contribution in [2.45, 2.75) is 52.0 Å². The van der Waals surface area contributed by atoms with Crippen molar-refractivity contribution in [3.8, 4) is 11.6 Å². The number of piperidine rings is 1. The minimum atomic E-state index is -0.123. The summed E-state index contributed by atoms with van der Waals surface area (Å²) in [5, 5.41) is 8.23. The number of hydrogen-bond donors (Lipinski definition) is 0. The molecule has 0 N–H and O–H groups in total. The van der Waals surface area contributed by atoms with E-state index in [2.05, 4.69) is 20.2 Å². The third kappa shape index (κ3) is 3.38. The van der Waals surface area contributed by atoms with Crippen LogP contribution in [0.1, 0.15) is 56.7 Å². The molecule has 0 saturated carbocycles. The zero-order chi connectivity index (χ0) is 16.2. The molecule has 1 fully saturated rings. The fourth-order valence-electron chi connectivity index (χ4n) is 2.82. The molecule has 2 aromatic heterocycles. The first-order valence-corrected chi connectivity index (χ1v) is 8.11. The van der Waals surface area contributed by atoms with E-state index in [1.165, 1.54) is 0 Å². The number of amides is 1. The van der Waals surface area contributed by atoms with Gasteiger partial charge in [-0.15, -0.1) is 10.2 Å². The summed E-state index contributed by atoms with van der Waals surface area (Å²) in [5.41, 5.74) is 1.38. The molecule has 0 aromatic carbocycles. The molecule has 1 atom stereocenters. The third-order valence-electron chi connectivity index (χ3n) is 4.01. The van der Waals surface area contributed by atoms with Crippen molar-refractivity contribution in [3.63, 3.8) is 0 Å². The minimum absolute atomic E-state index is 0.123. The minimum Gasteiger partial charge on any atom is -0.417 e. The van der Waals surface area contributed by atoms with Gasteiger partial charge in [-0.05, 0) is 32.6 Å². The Bertz CT molecular complexity index is 667. The molecule has 122 valence electrons. The van der Waals surface area contributed by atoms with E-state index >= 15 is 0 Å². The van der Waals surface area contributed by atoms with Gasteiger partial charge in [-0.2, -0.15) is 0 Å². The monoisotopic (exact) mass is 315 g/mol. The van der Waals surface area contributed by atoms with Gasteiger partial charge in [0.1, 0.15) is 11.7 Å². The molecule has 23 heavy (non-hydrogen) atoms. The number of rotatable bonds is 4. The maximum atomic E-state index is 12.3. The lowest BCUT2D eigenvalue weighted by Crippen LogP contribution is -2.38. The number of carbonyl (C=O) groups is 1. The molecule has 0 bridgehead atoms. The van der Waals surface area contributed by atoms with Gasteiger partial charge in [0.05, 0.1) is 11.9 Å². The van der Waals surface area contributed by atoms with Gasteiger partial charge in [0, 0.05) is 19.2 Å². The van der Waals surface area contributed by atoms with Gasteiger partial charge in [-0.3, -0.25) is 9.78 Å². The maximum absolute atomic E-state index is 12.3. The molecular weight excluding hydrogens is 294 g/mol. The Labute approximate surface area is 135 Å². The molecule has 1 aliphatic heterocycles. The molecule has 7 nitrogen and oxygen atoms in total. The van der Waals surface area contributed by atoms with Crippen LogP contribution in [0.3, 0.4) is 0 Å². The number of aromatic nitrogens is 4. The molecule has 0 aliphatic carbocycles. The van der Waals surface area contributed by atoms with Gasteiger partial charge >= 0.3 is 0 Å². The smallest absolute Gasteiger partial charge is 0.267 e. The van der Waals surface area contributed by atoms with Crippen molar-refractivity contribution in [1.29, 1.82) is 0 Å². The van der Waals surface area contributed by atoms with E-state index in [1.807, 2.05) is 18.7 Å². The van der Waals surface area contributed by atoms with Crippen LogP contribution in [0.5, 0.6) is 0 Å². The Balaban J connectivity index is 1.82. The van der Waals surface area contributed by atoms with Crippen LogP contribution in [0.15, 0.2) is 16.8 Å².